The summed E-state index contributed by atoms with van der Waals surface area (Å²) in [5.74, 6) is 2.54. The number of amides is 1. The molecule has 1 aromatic carbocycles. The van der Waals surface area contributed by atoms with Crippen LogP contribution < -0.4 is 11.1 Å². The van der Waals surface area contributed by atoms with E-state index in [0.717, 1.165) is 18.5 Å². The van der Waals surface area contributed by atoms with Gasteiger partial charge in [-0.05, 0) is 42.5 Å². The summed E-state index contributed by atoms with van der Waals surface area (Å²) in [6.07, 6.45) is 6.42. The van der Waals surface area contributed by atoms with E-state index in [1.807, 2.05) is 35.7 Å². The highest BCUT2D eigenvalue weighted by atomic mass is 35.5. The van der Waals surface area contributed by atoms with Gasteiger partial charge >= 0.3 is 0 Å². The van der Waals surface area contributed by atoms with Crippen molar-refractivity contribution >= 4 is 47.5 Å². The molecule has 2 fully saturated rings. The number of hydrogen-bond donors (Lipinski definition) is 2. The van der Waals surface area contributed by atoms with Gasteiger partial charge in [-0.25, -0.2) is 0 Å². The third kappa shape index (κ3) is 5.07. The molecule has 3 N–H and O–H groups in total. The first-order chi connectivity index (χ1) is 11.2. The van der Waals surface area contributed by atoms with Gasteiger partial charge in [0.25, 0.3) is 0 Å². The zero-order valence-corrected chi connectivity index (χ0v) is 16.4. The number of rotatable bonds is 5. The van der Waals surface area contributed by atoms with E-state index in [9.17, 15) is 4.79 Å². The van der Waals surface area contributed by atoms with Crippen molar-refractivity contribution in [3.8, 4) is 0 Å². The number of halogens is 1. The number of hydrogen-bond acceptors (Lipinski definition) is 4. The molecule has 1 saturated heterocycles. The summed E-state index contributed by atoms with van der Waals surface area (Å²) in [5, 5.41) is 3.10. The number of anilines is 1. The molecule has 0 aromatic heterocycles. The van der Waals surface area contributed by atoms with Gasteiger partial charge in [-0.3, -0.25) is 4.79 Å². The molecule has 2 aliphatic rings. The standard InChI is InChI=1S/C18H26N2OS2.ClH/c19-13-18(7-2-1-3-8-18)12-16(21)20-15-6-4-5-14(11-15)17-22-9-10-23-17;/h4-6,11,17H,1-3,7-10,12-13,19H2,(H,20,21);1H. The van der Waals surface area contributed by atoms with Gasteiger partial charge in [0.15, 0.2) is 0 Å². The second-order valence-corrected chi connectivity index (χ2v) is 9.41. The Morgan fingerprint density at radius 2 is 1.92 bits per heavy atom. The molecule has 1 aliphatic heterocycles. The number of benzene rings is 1. The Morgan fingerprint density at radius 3 is 2.58 bits per heavy atom. The largest absolute Gasteiger partial charge is 0.330 e. The summed E-state index contributed by atoms with van der Waals surface area (Å²) >= 11 is 3.98. The summed E-state index contributed by atoms with van der Waals surface area (Å²) in [6.45, 7) is 0.621. The van der Waals surface area contributed by atoms with Gasteiger partial charge < -0.3 is 11.1 Å². The first kappa shape index (κ1) is 20.0. The molecular weight excluding hydrogens is 360 g/mol. The fourth-order valence-electron chi connectivity index (χ4n) is 3.61. The van der Waals surface area contributed by atoms with Crippen molar-refractivity contribution in [2.24, 2.45) is 11.1 Å². The molecule has 0 atom stereocenters. The van der Waals surface area contributed by atoms with E-state index in [4.69, 9.17) is 5.73 Å². The number of thioether (sulfide) groups is 2. The Hall–Kier alpha value is -0.360. The summed E-state index contributed by atoms with van der Waals surface area (Å²) in [7, 11) is 0. The van der Waals surface area contributed by atoms with Crippen molar-refractivity contribution in [3.05, 3.63) is 29.8 Å². The summed E-state index contributed by atoms with van der Waals surface area (Å²) in [6, 6.07) is 8.32. The van der Waals surface area contributed by atoms with Crippen LogP contribution >= 0.6 is 35.9 Å². The average molecular weight is 387 g/mol. The smallest absolute Gasteiger partial charge is 0.224 e. The van der Waals surface area contributed by atoms with Gasteiger partial charge in [0, 0.05) is 23.6 Å². The maximum Gasteiger partial charge on any atom is 0.224 e. The molecule has 24 heavy (non-hydrogen) atoms. The van der Waals surface area contributed by atoms with Crippen LogP contribution in [-0.2, 0) is 4.79 Å². The average Bonchev–Trinajstić information content (AvgIpc) is 3.10. The number of nitrogens with two attached hydrogens (primary N) is 1. The molecule has 3 rings (SSSR count). The van der Waals surface area contributed by atoms with Crippen molar-refractivity contribution in [3.63, 3.8) is 0 Å². The fraction of sp³-hybridized carbons (Fsp3) is 0.611. The molecule has 1 heterocycles. The summed E-state index contributed by atoms with van der Waals surface area (Å²) in [4.78, 5) is 12.5. The molecule has 1 aromatic rings. The van der Waals surface area contributed by atoms with Crippen molar-refractivity contribution in [2.75, 3.05) is 23.4 Å². The third-order valence-corrected chi connectivity index (χ3v) is 8.05. The van der Waals surface area contributed by atoms with Crippen LogP contribution in [0.5, 0.6) is 0 Å². The quantitative estimate of drug-likeness (QED) is 0.761. The van der Waals surface area contributed by atoms with Crippen LogP contribution in [0.25, 0.3) is 0 Å². The normalized spacial score (nSPS) is 20.4. The minimum absolute atomic E-state index is 0. The SMILES string of the molecule is Cl.NCC1(CC(=O)Nc2cccc(C3SCCS3)c2)CCCCC1. The highest BCUT2D eigenvalue weighted by molar-refractivity contribution is 8.19. The first-order valence-electron chi connectivity index (χ1n) is 8.54. The molecule has 134 valence electrons. The highest BCUT2D eigenvalue weighted by Gasteiger charge is 2.33. The molecule has 1 aliphatic carbocycles. The third-order valence-electron chi connectivity index (χ3n) is 4.95. The molecule has 1 amide bonds. The maximum atomic E-state index is 12.5. The van der Waals surface area contributed by atoms with Crippen molar-refractivity contribution in [2.45, 2.75) is 43.1 Å². The Labute approximate surface area is 159 Å². The van der Waals surface area contributed by atoms with Crippen LogP contribution in [-0.4, -0.2) is 24.0 Å². The second kappa shape index (κ2) is 9.37. The maximum absolute atomic E-state index is 12.5. The van der Waals surface area contributed by atoms with E-state index in [0.29, 0.717) is 17.5 Å². The topological polar surface area (TPSA) is 55.1 Å². The lowest BCUT2D eigenvalue weighted by molar-refractivity contribution is -0.118. The van der Waals surface area contributed by atoms with E-state index in [1.54, 1.807) is 0 Å². The number of nitrogens with one attached hydrogen (secondary N) is 1. The van der Waals surface area contributed by atoms with Crippen molar-refractivity contribution < 1.29 is 4.79 Å². The van der Waals surface area contributed by atoms with Crippen molar-refractivity contribution in [1.29, 1.82) is 0 Å². The molecule has 0 spiro atoms. The van der Waals surface area contributed by atoms with Crippen LogP contribution in [0.15, 0.2) is 24.3 Å². The molecule has 0 radical (unpaired) electrons. The predicted molar refractivity (Wildman–Crippen MR) is 109 cm³/mol. The van der Waals surface area contributed by atoms with Gasteiger partial charge in [-0.15, -0.1) is 35.9 Å². The Bertz CT molecular complexity index is 544. The van der Waals surface area contributed by atoms with E-state index < -0.39 is 0 Å². The van der Waals surface area contributed by atoms with Crippen LogP contribution in [0.3, 0.4) is 0 Å². The van der Waals surface area contributed by atoms with Crippen LogP contribution in [0.2, 0.25) is 0 Å². The van der Waals surface area contributed by atoms with E-state index >= 15 is 0 Å². The van der Waals surface area contributed by atoms with Crippen LogP contribution in [0.1, 0.15) is 48.7 Å². The highest BCUT2D eigenvalue weighted by Crippen LogP contribution is 2.45. The van der Waals surface area contributed by atoms with Crippen LogP contribution in [0.4, 0.5) is 5.69 Å². The van der Waals surface area contributed by atoms with Gasteiger partial charge in [0.2, 0.25) is 5.91 Å². The number of carbonyl (C=O) groups is 1. The lowest BCUT2D eigenvalue weighted by atomic mass is 9.71. The van der Waals surface area contributed by atoms with Gasteiger partial charge in [0.05, 0.1) is 4.58 Å². The Kier molecular flexibility index (Phi) is 7.79. The zero-order valence-electron chi connectivity index (χ0n) is 14.0. The fourth-order valence-corrected chi connectivity index (χ4v) is 6.45. The first-order valence-corrected chi connectivity index (χ1v) is 10.6. The molecule has 0 unspecified atom stereocenters. The molecular formula is C18H27ClN2OS2. The minimum atomic E-state index is 0. The lowest BCUT2D eigenvalue weighted by Gasteiger charge is -2.35. The van der Waals surface area contributed by atoms with Gasteiger partial charge in [-0.2, -0.15) is 0 Å². The molecule has 0 bridgehead atoms. The molecule has 3 nitrogen and oxygen atoms in total. The van der Waals surface area contributed by atoms with Crippen molar-refractivity contribution in [1.82, 2.24) is 0 Å². The van der Waals surface area contributed by atoms with Gasteiger partial charge in [-0.1, -0.05) is 31.4 Å². The summed E-state index contributed by atoms with van der Waals surface area (Å²) < 4.78 is 0.514. The number of carbonyl (C=O) groups excluding carboxylic acids is 1. The van der Waals surface area contributed by atoms with E-state index in [2.05, 4.69) is 17.4 Å². The lowest BCUT2D eigenvalue weighted by Crippen LogP contribution is -2.36. The van der Waals surface area contributed by atoms with Crippen LogP contribution in [0, 0.1) is 5.41 Å². The predicted octanol–water partition coefficient (Wildman–Crippen LogP) is 4.82. The Balaban J connectivity index is 0.00000208. The monoisotopic (exact) mass is 386 g/mol. The molecule has 1 saturated carbocycles. The van der Waals surface area contributed by atoms with E-state index in [-0.39, 0.29) is 23.7 Å². The zero-order chi connectivity index (χ0) is 16.1. The minimum Gasteiger partial charge on any atom is -0.330 e. The molecule has 6 heteroatoms. The Morgan fingerprint density at radius 1 is 1.21 bits per heavy atom. The summed E-state index contributed by atoms with van der Waals surface area (Å²) in [5.41, 5.74) is 8.25. The van der Waals surface area contributed by atoms with E-state index in [1.165, 1.54) is 36.3 Å². The second-order valence-electron chi connectivity index (χ2n) is 6.69. The van der Waals surface area contributed by atoms with Gasteiger partial charge in [0.1, 0.15) is 0 Å².